The summed E-state index contributed by atoms with van der Waals surface area (Å²) in [6, 6.07) is 0. The summed E-state index contributed by atoms with van der Waals surface area (Å²) in [7, 11) is 6.11. The van der Waals surface area contributed by atoms with Crippen LogP contribution in [0.25, 0.3) is 0 Å². The van der Waals surface area contributed by atoms with Gasteiger partial charge in [0, 0.05) is 53.5 Å². The Balaban J connectivity index is -0.00000000992. The number of nitrogens with one attached hydrogen (secondary N) is 1. The SMILES string of the molecule is C.C.CCNC.CCOC.CN.CO.[CH2-]C.[Y]. The first kappa shape index (κ1) is 52.1. The molecule has 113 valence electrons. The molecule has 0 aromatic carbocycles. The Morgan fingerprint density at radius 1 is 1.12 bits per heavy atom. The first-order chi connectivity index (χ1) is 6.83. The van der Waals surface area contributed by atoms with Crippen LogP contribution >= 0.6 is 0 Å². The Morgan fingerprint density at radius 2 is 1.24 bits per heavy atom. The van der Waals surface area contributed by atoms with Crippen molar-refractivity contribution in [2.24, 2.45) is 5.73 Å². The molecule has 0 aromatic heterocycles. The van der Waals surface area contributed by atoms with Gasteiger partial charge in [-0.15, -0.1) is 0 Å². The van der Waals surface area contributed by atoms with Crippen LogP contribution in [0.15, 0.2) is 0 Å². The predicted octanol–water partition coefficient (Wildman–Crippen LogP) is 2.17. The summed E-state index contributed by atoms with van der Waals surface area (Å²) in [4.78, 5) is 0. The van der Waals surface area contributed by atoms with E-state index < -0.39 is 0 Å². The fraction of sp³-hybridized carbons (Fsp3) is 0.917. The number of methoxy groups -OCH3 is 1. The average Bonchev–Trinajstić information content (AvgIpc) is 2.36. The van der Waals surface area contributed by atoms with Crippen LogP contribution in [0.2, 0.25) is 0 Å². The number of hydrogen-bond donors (Lipinski definition) is 3. The molecule has 17 heavy (non-hydrogen) atoms. The monoisotopic (exact) mass is 332 g/mol. The number of hydrogen-bond acceptors (Lipinski definition) is 4. The van der Waals surface area contributed by atoms with Gasteiger partial charge >= 0.3 is 0 Å². The molecule has 0 aliphatic heterocycles. The molecule has 0 amide bonds. The summed E-state index contributed by atoms with van der Waals surface area (Å²) in [5.41, 5.74) is 4.50. The van der Waals surface area contributed by atoms with Gasteiger partial charge in [0.2, 0.25) is 0 Å². The quantitative estimate of drug-likeness (QED) is 0.678. The molecular formula is C12H39N2O2Y-. The van der Waals surface area contributed by atoms with E-state index in [1.807, 2.05) is 14.0 Å². The van der Waals surface area contributed by atoms with Crippen LogP contribution in [0.3, 0.4) is 0 Å². The third-order valence-electron chi connectivity index (χ3n) is 0.642. The van der Waals surface area contributed by atoms with Crippen LogP contribution in [0, 0.1) is 6.92 Å². The minimum absolute atomic E-state index is 0. The molecule has 0 saturated carbocycles. The summed E-state index contributed by atoms with van der Waals surface area (Å²) in [5.74, 6) is 0. The average molecular weight is 332 g/mol. The molecule has 0 rings (SSSR count). The number of nitrogens with two attached hydrogens (primary N) is 1. The van der Waals surface area contributed by atoms with Crippen molar-refractivity contribution in [3.63, 3.8) is 0 Å². The third-order valence-corrected chi connectivity index (χ3v) is 0.642. The van der Waals surface area contributed by atoms with Gasteiger partial charge in [-0.25, -0.2) is 0 Å². The van der Waals surface area contributed by atoms with E-state index in [1.165, 1.54) is 7.05 Å². The number of aliphatic hydroxyl groups excluding tert-OH is 1. The molecule has 0 aliphatic carbocycles. The molecule has 0 saturated heterocycles. The van der Waals surface area contributed by atoms with Crippen LogP contribution < -0.4 is 11.1 Å². The number of rotatable bonds is 2. The Bertz CT molecular complexity index is 30.5. The van der Waals surface area contributed by atoms with Crippen molar-refractivity contribution in [3.8, 4) is 0 Å². The van der Waals surface area contributed by atoms with E-state index in [-0.39, 0.29) is 47.6 Å². The maximum Gasteiger partial charge on any atom is 0.0433 e. The molecule has 4 N–H and O–H groups in total. The van der Waals surface area contributed by atoms with Gasteiger partial charge in [0.25, 0.3) is 0 Å². The van der Waals surface area contributed by atoms with Crippen LogP contribution in [0.1, 0.15) is 35.6 Å². The molecular weight excluding hydrogens is 293 g/mol. The summed E-state index contributed by atoms with van der Waals surface area (Å²) >= 11 is 0. The van der Waals surface area contributed by atoms with E-state index in [0.717, 1.165) is 20.3 Å². The van der Waals surface area contributed by atoms with Crippen molar-refractivity contribution < 1.29 is 42.6 Å². The predicted molar refractivity (Wildman–Crippen MR) is 79.9 cm³/mol. The second-order valence-corrected chi connectivity index (χ2v) is 1.28. The maximum absolute atomic E-state index is 7.00. The minimum atomic E-state index is 0. The van der Waals surface area contributed by atoms with Crippen molar-refractivity contribution in [1.82, 2.24) is 5.32 Å². The molecule has 4 nitrogen and oxygen atoms in total. The second kappa shape index (κ2) is 176. The van der Waals surface area contributed by atoms with E-state index in [4.69, 9.17) is 5.11 Å². The van der Waals surface area contributed by atoms with Gasteiger partial charge in [0.1, 0.15) is 0 Å². The van der Waals surface area contributed by atoms with Crippen molar-refractivity contribution in [2.45, 2.75) is 35.6 Å². The molecule has 0 fully saturated rings. The fourth-order valence-electron chi connectivity index (χ4n) is 0. The first-order valence-electron chi connectivity index (χ1n) is 4.70. The van der Waals surface area contributed by atoms with Gasteiger partial charge in [-0.1, -0.05) is 21.8 Å². The minimum Gasteiger partial charge on any atom is -0.400 e. The molecule has 0 bridgehead atoms. The molecule has 0 spiro atoms. The standard InChI is InChI=1S/C3H9N.C3H8O.C2H5.CH5N.CH4O.2CH4.Y/c2*1-3-4-2;3*1-2;;;/h4H,3H2,1-2H3;3H2,1-2H3;1H2,2H3;2H2,1H3;2H,1H3;2*1H4;/q;;-1;;;;;. The topological polar surface area (TPSA) is 67.5 Å². The molecule has 0 atom stereocenters. The smallest absolute Gasteiger partial charge is 0.0433 e. The van der Waals surface area contributed by atoms with E-state index in [2.05, 4.69) is 29.6 Å². The van der Waals surface area contributed by atoms with Gasteiger partial charge in [0.05, 0.1) is 0 Å². The first-order valence-corrected chi connectivity index (χ1v) is 4.70. The van der Waals surface area contributed by atoms with E-state index >= 15 is 0 Å². The zero-order chi connectivity index (χ0) is 12.8. The number of ether oxygens (including phenoxy) is 1. The van der Waals surface area contributed by atoms with Crippen molar-refractivity contribution in [3.05, 3.63) is 6.92 Å². The Morgan fingerprint density at radius 3 is 1.24 bits per heavy atom. The van der Waals surface area contributed by atoms with Crippen LogP contribution in [-0.2, 0) is 37.4 Å². The zero-order valence-electron chi connectivity index (χ0n) is 11.6. The number of aliphatic hydroxyl groups is 1. The van der Waals surface area contributed by atoms with Crippen molar-refractivity contribution in [2.75, 3.05) is 41.5 Å². The molecule has 0 unspecified atom stereocenters. The summed E-state index contributed by atoms with van der Waals surface area (Å²) in [6.45, 7) is 10.9. The Kier molecular flexibility index (Phi) is 540. The normalized spacial score (nSPS) is 4.59. The summed E-state index contributed by atoms with van der Waals surface area (Å²) < 4.78 is 4.54. The largest absolute Gasteiger partial charge is 0.400 e. The molecule has 0 aromatic rings. The molecule has 0 heterocycles. The van der Waals surface area contributed by atoms with Gasteiger partial charge < -0.3 is 27.8 Å². The zero-order valence-corrected chi connectivity index (χ0v) is 14.5. The van der Waals surface area contributed by atoms with Gasteiger partial charge in [-0.05, 0) is 27.6 Å². The van der Waals surface area contributed by atoms with Gasteiger partial charge in [-0.3, -0.25) is 0 Å². The van der Waals surface area contributed by atoms with Gasteiger partial charge in [-0.2, -0.15) is 6.92 Å². The van der Waals surface area contributed by atoms with Crippen LogP contribution in [-0.4, -0.2) is 46.6 Å². The maximum atomic E-state index is 7.00. The Labute approximate surface area is 137 Å². The van der Waals surface area contributed by atoms with Crippen LogP contribution in [0.4, 0.5) is 0 Å². The second-order valence-electron chi connectivity index (χ2n) is 1.28. The van der Waals surface area contributed by atoms with E-state index in [9.17, 15) is 0 Å². The van der Waals surface area contributed by atoms with Crippen molar-refractivity contribution >= 4 is 0 Å². The van der Waals surface area contributed by atoms with Crippen LogP contribution in [0.5, 0.6) is 0 Å². The van der Waals surface area contributed by atoms with Crippen molar-refractivity contribution in [1.29, 1.82) is 0 Å². The Hall–Kier alpha value is 0.944. The summed E-state index contributed by atoms with van der Waals surface area (Å²) in [5, 5.41) is 9.93. The molecule has 5 heteroatoms. The van der Waals surface area contributed by atoms with E-state index in [0.29, 0.717) is 0 Å². The molecule has 0 aliphatic rings. The summed E-state index contributed by atoms with van der Waals surface area (Å²) in [6.07, 6.45) is 0. The van der Waals surface area contributed by atoms with E-state index in [1.54, 1.807) is 14.0 Å². The fourth-order valence-corrected chi connectivity index (χ4v) is 0. The third kappa shape index (κ3) is 437. The van der Waals surface area contributed by atoms with Gasteiger partial charge in [0.15, 0.2) is 0 Å². The molecule has 1 radical (unpaired) electrons.